The lowest BCUT2D eigenvalue weighted by Gasteiger charge is -2.30. The standard InChI is InChI=1S/C6H11N3O3/c1-9-5(7)8-4(12)6(9,2-10)3-11/h10-11H,2-3H2,1H3,(H2,7,8,12). The maximum absolute atomic E-state index is 11.1. The zero-order chi connectivity index (χ0) is 9.35. The number of nitrogens with zero attached hydrogens (tertiary/aromatic N) is 2. The Labute approximate surface area is 69.3 Å². The molecule has 0 radical (unpaired) electrons. The van der Waals surface area contributed by atoms with Gasteiger partial charge in [0.25, 0.3) is 5.91 Å². The van der Waals surface area contributed by atoms with Crippen LogP contribution in [0.2, 0.25) is 0 Å². The molecule has 1 aliphatic heterocycles. The van der Waals surface area contributed by atoms with Crippen molar-refractivity contribution in [3.63, 3.8) is 0 Å². The molecule has 1 heterocycles. The first-order valence-electron chi connectivity index (χ1n) is 3.42. The summed E-state index contributed by atoms with van der Waals surface area (Å²) in [7, 11) is 1.50. The van der Waals surface area contributed by atoms with Crippen LogP contribution in [-0.2, 0) is 4.79 Å². The van der Waals surface area contributed by atoms with E-state index >= 15 is 0 Å². The Kier molecular flexibility index (Phi) is 2.03. The van der Waals surface area contributed by atoms with Crippen molar-refractivity contribution in [1.82, 2.24) is 4.90 Å². The van der Waals surface area contributed by atoms with Gasteiger partial charge in [-0.3, -0.25) is 4.79 Å². The summed E-state index contributed by atoms with van der Waals surface area (Å²) >= 11 is 0. The van der Waals surface area contributed by atoms with Gasteiger partial charge in [-0.25, -0.2) is 0 Å². The molecule has 0 fully saturated rings. The molecule has 1 amide bonds. The fourth-order valence-corrected chi connectivity index (χ4v) is 1.04. The van der Waals surface area contributed by atoms with Gasteiger partial charge in [0.05, 0.1) is 13.2 Å². The van der Waals surface area contributed by atoms with E-state index in [0.29, 0.717) is 0 Å². The van der Waals surface area contributed by atoms with Crippen LogP contribution >= 0.6 is 0 Å². The van der Waals surface area contributed by atoms with Crippen LogP contribution in [0.3, 0.4) is 0 Å². The zero-order valence-electron chi connectivity index (χ0n) is 6.69. The number of guanidine groups is 1. The van der Waals surface area contributed by atoms with Crippen LogP contribution in [0.15, 0.2) is 4.99 Å². The molecule has 0 saturated heterocycles. The smallest absolute Gasteiger partial charge is 0.279 e. The minimum absolute atomic E-state index is 0.0168. The quantitative estimate of drug-likeness (QED) is 0.428. The third-order valence-electron chi connectivity index (χ3n) is 2.12. The maximum Gasteiger partial charge on any atom is 0.279 e. The first-order valence-corrected chi connectivity index (χ1v) is 3.42. The second kappa shape index (κ2) is 2.72. The van der Waals surface area contributed by atoms with E-state index in [1.807, 2.05) is 0 Å². The molecular formula is C6H11N3O3. The van der Waals surface area contributed by atoms with Crippen LogP contribution in [0.4, 0.5) is 0 Å². The molecule has 4 N–H and O–H groups in total. The van der Waals surface area contributed by atoms with Gasteiger partial charge in [-0.1, -0.05) is 0 Å². The summed E-state index contributed by atoms with van der Waals surface area (Å²) < 4.78 is 0. The highest BCUT2D eigenvalue weighted by Crippen LogP contribution is 2.19. The molecule has 68 valence electrons. The van der Waals surface area contributed by atoms with Crippen molar-refractivity contribution in [1.29, 1.82) is 0 Å². The van der Waals surface area contributed by atoms with Gasteiger partial charge in [-0.2, -0.15) is 4.99 Å². The van der Waals surface area contributed by atoms with Gasteiger partial charge in [0.15, 0.2) is 11.5 Å². The van der Waals surface area contributed by atoms with E-state index in [2.05, 4.69) is 4.99 Å². The zero-order valence-corrected chi connectivity index (χ0v) is 6.69. The number of rotatable bonds is 2. The van der Waals surface area contributed by atoms with Crippen LogP contribution in [0.5, 0.6) is 0 Å². The van der Waals surface area contributed by atoms with Crippen LogP contribution in [0, 0.1) is 0 Å². The van der Waals surface area contributed by atoms with E-state index in [0.717, 1.165) is 0 Å². The van der Waals surface area contributed by atoms with Crippen LogP contribution in [0.1, 0.15) is 0 Å². The highest BCUT2D eigenvalue weighted by molar-refractivity contribution is 6.05. The van der Waals surface area contributed by atoms with Crippen molar-refractivity contribution in [3.8, 4) is 0 Å². The summed E-state index contributed by atoms with van der Waals surface area (Å²) in [4.78, 5) is 15.8. The lowest BCUT2D eigenvalue weighted by atomic mass is 10.0. The molecule has 0 aromatic heterocycles. The Morgan fingerprint density at radius 1 is 1.58 bits per heavy atom. The Bertz CT molecular complexity index is 234. The Morgan fingerprint density at radius 2 is 2.08 bits per heavy atom. The second-order valence-electron chi connectivity index (χ2n) is 2.68. The molecule has 0 aromatic carbocycles. The van der Waals surface area contributed by atoms with E-state index < -0.39 is 24.7 Å². The Balaban J connectivity index is 3.01. The molecule has 0 unspecified atom stereocenters. The average molecular weight is 173 g/mol. The van der Waals surface area contributed by atoms with Crippen molar-refractivity contribution in [2.24, 2.45) is 10.7 Å². The van der Waals surface area contributed by atoms with E-state index in [1.54, 1.807) is 0 Å². The lowest BCUT2D eigenvalue weighted by Crippen LogP contribution is -2.56. The van der Waals surface area contributed by atoms with Gasteiger partial charge in [0.2, 0.25) is 0 Å². The number of aliphatic imine (C=N–C) groups is 1. The molecule has 0 spiro atoms. The third-order valence-corrected chi connectivity index (χ3v) is 2.12. The molecule has 0 atom stereocenters. The third kappa shape index (κ3) is 0.886. The summed E-state index contributed by atoms with van der Waals surface area (Å²) in [5, 5.41) is 17.8. The number of carbonyl (C=O) groups excluding carboxylic acids is 1. The van der Waals surface area contributed by atoms with E-state index in [1.165, 1.54) is 11.9 Å². The highest BCUT2D eigenvalue weighted by atomic mass is 16.3. The van der Waals surface area contributed by atoms with Crippen molar-refractivity contribution < 1.29 is 15.0 Å². The van der Waals surface area contributed by atoms with E-state index in [9.17, 15) is 4.79 Å². The maximum atomic E-state index is 11.1. The van der Waals surface area contributed by atoms with Crippen molar-refractivity contribution in [2.75, 3.05) is 20.3 Å². The van der Waals surface area contributed by atoms with E-state index in [4.69, 9.17) is 15.9 Å². The molecule has 12 heavy (non-hydrogen) atoms. The average Bonchev–Trinajstić information content (AvgIpc) is 2.26. The number of hydrogen-bond acceptors (Lipinski definition) is 5. The van der Waals surface area contributed by atoms with Gasteiger partial charge in [-0.15, -0.1) is 0 Å². The van der Waals surface area contributed by atoms with Crippen LogP contribution in [-0.4, -0.2) is 52.8 Å². The fraction of sp³-hybridized carbons (Fsp3) is 0.667. The molecule has 0 bridgehead atoms. The Hall–Kier alpha value is -1.14. The van der Waals surface area contributed by atoms with Gasteiger partial charge in [0, 0.05) is 7.05 Å². The SMILES string of the molecule is CN1C(N)=NC(=O)C1(CO)CO. The molecule has 6 nitrogen and oxygen atoms in total. The molecule has 0 saturated carbocycles. The van der Waals surface area contributed by atoms with Crippen LogP contribution in [0.25, 0.3) is 0 Å². The summed E-state index contributed by atoms with van der Waals surface area (Å²) in [6, 6.07) is 0. The van der Waals surface area contributed by atoms with Gasteiger partial charge in [-0.05, 0) is 0 Å². The largest absolute Gasteiger partial charge is 0.393 e. The first-order chi connectivity index (χ1) is 5.58. The number of aliphatic hydroxyl groups excluding tert-OH is 2. The number of carbonyl (C=O) groups is 1. The van der Waals surface area contributed by atoms with Gasteiger partial charge in [0.1, 0.15) is 0 Å². The summed E-state index contributed by atoms with van der Waals surface area (Å²) in [5.41, 5.74) is 3.97. The number of nitrogens with two attached hydrogens (primary N) is 1. The second-order valence-corrected chi connectivity index (χ2v) is 2.68. The Morgan fingerprint density at radius 3 is 2.25 bits per heavy atom. The summed E-state index contributed by atoms with van der Waals surface area (Å²) in [6.07, 6.45) is 0. The molecule has 0 aromatic rings. The van der Waals surface area contributed by atoms with Crippen LogP contribution < -0.4 is 5.73 Å². The summed E-state index contributed by atoms with van der Waals surface area (Å²) in [6.45, 7) is -0.994. The predicted octanol–water partition coefficient (Wildman–Crippen LogP) is -2.50. The van der Waals surface area contributed by atoms with Gasteiger partial charge < -0.3 is 20.8 Å². The van der Waals surface area contributed by atoms with Crippen molar-refractivity contribution in [3.05, 3.63) is 0 Å². The molecule has 1 rings (SSSR count). The normalized spacial score (nSPS) is 21.4. The molecule has 1 aliphatic rings. The predicted molar refractivity (Wildman–Crippen MR) is 41.3 cm³/mol. The van der Waals surface area contributed by atoms with E-state index in [-0.39, 0.29) is 5.96 Å². The monoisotopic (exact) mass is 173 g/mol. The number of hydrogen-bond donors (Lipinski definition) is 3. The number of likely N-dealkylation sites (N-methyl/N-ethyl adjacent to an activating group) is 1. The lowest BCUT2D eigenvalue weighted by molar-refractivity contribution is -0.129. The highest BCUT2D eigenvalue weighted by Gasteiger charge is 2.47. The molecule has 0 aliphatic carbocycles. The molecular weight excluding hydrogens is 162 g/mol. The topological polar surface area (TPSA) is 99.2 Å². The number of amides is 1. The van der Waals surface area contributed by atoms with Crippen molar-refractivity contribution in [2.45, 2.75) is 5.54 Å². The minimum atomic E-state index is -1.36. The minimum Gasteiger partial charge on any atom is -0.393 e. The first kappa shape index (κ1) is 8.95. The fourth-order valence-electron chi connectivity index (χ4n) is 1.04. The summed E-state index contributed by atoms with van der Waals surface area (Å²) in [5.74, 6) is -0.587. The number of aliphatic hydroxyl groups is 2. The molecule has 6 heteroatoms. The van der Waals surface area contributed by atoms with Gasteiger partial charge >= 0.3 is 0 Å². The van der Waals surface area contributed by atoms with Crippen molar-refractivity contribution >= 4 is 11.9 Å².